The monoisotopic (exact) mass is 416 g/mol. The number of carbonyl (C=O) groups is 2. The molecule has 1 aliphatic rings. The Bertz CT molecular complexity index is 929. The second-order valence-electron chi connectivity index (χ2n) is 7.33. The number of nitrogens with zero attached hydrogens (tertiary/aromatic N) is 1. The number of amides is 2. The predicted molar refractivity (Wildman–Crippen MR) is 114 cm³/mol. The summed E-state index contributed by atoms with van der Waals surface area (Å²) in [5.74, 6) is 0.443. The third-order valence-corrected chi connectivity index (χ3v) is 5.37. The van der Waals surface area contributed by atoms with E-state index in [0.29, 0.717) is 34.7 Å². The number of ether oxygens (including phenoxy) is 2. The number of hydrogen-bond acceptors (Lipinski definition) is 4. The molecule has 1 N–H and O–H groups in total. The number of methoxy groups -OCH3 is 2. The van der Waals surface area contributed by atoms with Gasteiger partial charge in [-0.1, -0.05) is 37.6 Å². The van der Waals surface area contributed by atoms with Crippen molar-refractivity contribution in [1.82, 2.24) is 0 Å². The van der Waals surface area contributed by atoms with Crippen LogP contribution in [0.4, 0.5) is 11.4 Å². The first-order valence-corrected chi connectivity index (χ1v) is 9.84. The van der Waals surface area contributed by atoms with Crippen molar-refractivity contribution in [3.8, 4) is 11.5 Å². The molecule has 0 aromatic heterocycles. The zero-order valence-electron chi connectivity index (χ0n) is 17.0. The first kappa shape index (κ1) is 21.0. The Kier molecular flexibility index (Phi) is 6.33. The number of halogens is 1. The zero-order valence-corrected chi connectivity index (χ0v) is 17.7. The first-order valence-electron chi connectivity index (χ1n) is 9.46. The lowest BCUT2D eigenvalue weighted by Gasteiger charge is -2.19. The van der Waals surface area contributed by atoms with E-state index in [1.54, 1.807) is 17.0 Å². The number of carbonyl (C=O) groups excluding carboxylic acids is 2. The van der Waals surface area contributed by atoms with Crippen LogP contribution in [0.15, 0.2) is 36.4 Å². The topological polar surface area (TPSA) is 67.9 Å². The molecule has 2 aromatic rings. The van der Waals surface area contributed by atoms with E-state index in [1.165, 1.54) is 14.2 Å². The molecule has 6 nitrogen and oxygen atoms in total. The molecular formula is C22H25ClN2O4. The van der Waals surface area contributed by atoms with Gasteiger partial charge in [0, 0.05) is 30.8 Å². The summed E-state index contributed by atoms with van der Waals surface area (Å²) in [6, 6.07) is 11.1. The Morgan fingerprint density at radius 3 is 2.55 bits per heavy atom. The van der Waals surface area contributed by atoms with Crippen molar-refractivity contribution in [2.75, 3.05) is 31.0 Å². The fourth-order valence-corrected chi connectivity index (χ4v) is 3.61. The van der Waals surface area contributed by atoms with Gasteiger partial charge < -0.3 is 19.7 Å². The molecular weight excluding hydrogens is 392 g/mol. The molecule has 1 fully saturated rings. The van der Waals surface area contributed by atoms with Crippen molar-refractivity contribution < 1.29 is 19.1 Å². The minimum absolute atomic E-state index is 0.0632. The molecule has 29 heavy (non-hydrogen) atoms. The summed E-state index contributed by atoms with van der Waals surface area (Å²) < 4.78 is 10.5. The van der Waals surface area contributed by atoms with Crippen LogP contribution >= 0.6 is 11.6 Å². The summed E-state index contributed by atoms with van der Waals surface area (Å²) in [5, 5.41) is 3.23. The van der Waals surface area contributed by atoms with Crippen molar-refractivity contribution >= 4 is 34.8 Å². The zero-order chi connectivity index (χ0) is 21.1. The van der Waals surface area contributed by atoms with Crippen molar-refractivity contribution in [2.24, 2.45) is 5.92 Å². The van der Waals surface area contributed by atoms with E-state index >= 15 is 0 Å². The van der Waals surface area contributed by atoms with Crippen LogP contribution in [0.2, 0.25) is 5.02 Å². The number of anilines is 2. The Hall–Kier alpha value is -2.73. The van der Waals surface area contributed by atoms with Gasteiger partial charge >= 0.3 is 0 Å². The molecule has 0 spiro atoms. The molecule has 2 amide bonds. The highest BCUT2D eigenvalue weighted by molar-refractivity contribution is 6.32. The molecule has 7 heteroatoms. The van der Waals surface area contributed by atoms with E-state index < -0.39 is 5.92 Å². The lowest BCUT2D eigenvalue weighted by molar-refractivity contribution is -0.122. The highest BCUT2D eigenvalue weighted by atomic mass is 35.5. The Balaban J connectivity index is 1.77. The smallest absolute Gasteiger partial charge is 0.229 e. The van der Waals surface area contributed by atoms with E-state index in [1.807, 2.05) is 24.3 Å². The van der Waals surface area contributed by atoms with Gasteiger partial charge in [-0.05, 0) is 23.6 Å². The van der Waals surface area contributed by atoms with Crippen molar-refractivity contribution in [3.05, 3.63) is 47.0 Å². The Labute approximate surface area is 175 Å². The van der Waals surface area contributed by atoms with Crippen LogP contribution in [0.3, 0.4) is 0 Å². The van der Waals surface area contributed by atoms with E-state index in [2.05, 4.69) is 19.2 Å². The Morgan fingerprint density at radius 1 is 1.17 bits per heavy atom. The molecule has 0 bridgehead atoms. The lowest BCUT2D eigenvalue weighted by atomic mass is 10.0. The van der Waals surface area contributed by atoms with Crippen molar-refractivity contribution in [2.45, 2.75) is 26.2 Å². The second-order valence-corrected chi connectivity index (χ2v) is 7.74. The van der Waals surface area contributed by atoms with Crippen LogP contribution in [0.5, 0.6) is 11.5 Å². The van der Waals surface area contributed by atoms with Crippen LogP contribution in [0, 0.1) is 5.92 Å². The van der Waals surface area contributed by atoms with Gasteiger partial charge in [0.25, 0.3) is 0 Å². The average Bonchev–Trinajstić information content (AvgIpc) is 3.10. The van der Waals surface area contributed by atoms with E-state index in [9.17, 15) is 9.59 Å². The van der Waals surface area contributed by atoms with Crippen molar-refractivity contribution in [1.29, 1.82) is 0 Å². The minimum Gasteiger partial charge on any atom is -0.495 e. The van der Waals surface area contributed by atoms with Crippen LogP contribution < -0.4 is 19.7 Å². The molecule has 154 valence electrons. The van der Waals surface area contributed by atoms with Gasteiger partial charge in [-0.15, -0.1) is 0 Å². The van der Waals surface area contributed by atoms with Gasteiger partial charge in [0.1, 0.15) is 11.5 Å². The van der Waals surface area contributed by atoms with Gasteiger partial charge in [0.15, 0.2) is 0 Å². The quantitative estimate of drug-likeness (QED) is 0.754. The van der Waals surface area contributed by atoms with Gasteiger partial charge in [-0.25, -0.2) is 0 Å². The van der Waals surface area contributed by atoms with Crippen LogP contribution in [0.1, 0.15) is 31.7 Å². The summed E-state index contributed by atoms with van der Waals surface area (Å²) in [4.78, 5) is 27.1. The van der Waals surface area contributed by atoms with Gasteiger partial charge in [-0.2, -0.15) is 0 Å². The lowest BCUT2D eigenvalue weighted by Crippen LogP contribution is -2.28. The third-order valence-electron chi connectivity index (χ3n) is 5.08. The van der Waals surface area contributed by atoms with Gasteiger partial charge in [0.2, 0.25) is 11.8 Å². The van der Waals surface area contributed by atoms with E-state index in [0.717, 1.165) is 11.3 Å². The van der Waals surface area contributed by atoms with Gasteiger partial charge in [-0.3, -0.25) is 9.59 Å². The molecule has 0 radical (unpaired) electrons. The number of hydrogen-bond donors (Lipinski definition) is 1. The summed E-state index contributed by atoms with van der Waals surface area (Å²) in [6.07, 6.45) is 0.158. The maximum absolute atomic E-state index is 12.8. The summed E-state index contributed by atoms with van der Waals surface area (Å²) in [6.45, 7) is 4.54. The van der Waals surface area contributed by atoms with Crippen LogP contribution in [0.25, 0.3) is 0 Å². The summed E-state index contributed by atoms with van der Waals surface area (Å²) >= 11 is 6.12. The maximum Gasteiger partial charge on any atom is 0.229 e. The fraction of sp³-hybridized carbons (Fsp3) is 0.364. The molecule has 1 aliphatic heterocycles. The second kappa shape index (κ2) is 8.74. The SMILES string of the molecule is COc1cc(NC(=O)C2CC(=O)N(c3cccc(C(C)C)c3)C2)c(OC)cc1Cl. The molecule has 2 aromatic carbocycles. The van der Waals surface area contributed by atoms with E-state index in [4.69, 9.17) is 21.1 Å². The van der Waals surface area contributed by atoms with E-state index in [-0.39, 0.29) is 18.2 Å². The fourth-order valence-electron chi connectivity index (χ4n) is 3.38. The molecule has 0 saturated carbocycles. The third kappa shape index (κ3) is 4.48. The Morgan fingerprint density at radius 2 is 1.90 bits per heavy atom. The molecule has 1 saturated heterocycles. The minimum atomic E-state index is -0.461. The average molecular weight is 417 g/mol. The predicted octanol–water partition coefficient (Wildman–Crippen LogP) is 4.47. The molecule has 1 atom stereocenters. The highest BCUT2D eigenvalue weighted by Crippen LogP contribution is 2.36. The number of rotatable bonds is 6. The summed E-state index contributed by atoms with van der Waals surface area (Å²) in [5.41, 5.74) is 2.43. The summed E-state index contributed by atoms with van der Waals surface area (Å²) in [7, 11) is 2.99. The number of benzene rings is 2. The maximum atomic E-state index is 12.8. The number of nitrogens with one attached hydrogen (secondary N) is 1. The highest BCUT2D eigenvalue weighted by Gasteiger charge is 2.35. The van der Waals surface area contributed by atoms with Crippen molar-refractivity contribution in [3.63, 3.8) is 0 Å². The molecule has 1 unspecified atom stereocenters. The largest absolute Gasteiger partial charge is 0.495 e. The molecule has 0 aliphatic carbocycles. The van der Waals surface area contributed by atoms with Gasteiger partial charge in [0.05, 0.1) is 30.8 Å². The van der Waals surface area contributed by atoms with Crippen LogP contribution in [-0.2, 0) is 9.59 Å². The molecule has 1 heterocycles. The first-order chi connectivity index (χ1) is 13.8. The standard InChI is InChI=1S/C22H25ClN2O4/c1-13(2)14-6-5-7-16(8-14)25-12-15(9-21(25)26)22(27)24-18-11-19(28-3)17(23)10-20(18)29-4/h5-8,10-11,13,15H,9,12H2,1-4H3,(H,24,27). The van der Waals surface area contributed by atoms with Crippen LogP contribution in [-0.4, -0.2) is 32.6 Å². The normalized spacial score (nSPS) is 16.3. The molecule has 3 rings (SSSR count).